The van der Waals surface area contributed by atoms with Crippen LogP contribution in [0.15, 0.2) is 0 Å². The average molecular weight is 172 g/mol. The van der Waals surface area contributed by atoms with Gasteiger partial charge in [-0.1, -0.05) is 20.3 Å². The zero-order valence-electron chi connectivity index (χ0n) is 7.63. The van der Waals surface area contributed by atoms with Crippen molar-refractivity contribution in [3.8, 4) is 0 Å². The van der Waals surface area contributed by atoms with Crippen molar-refractivity contribution in [2.75, 3.05) is 0 Å². The summed E-state index contributed by atoms with van der Waals surface area (Å²) in [6.07, 6.45) is 3.00. The lowest BCUT2D eigenvalue weighted by Crippen LogP contribution is -2.53. The summed E-state index contributed by atoms with van der Waals surface area (Å²) in [6.45, 7) is 3.64. The van der Waals surface area contributed by atoms with Crippen molar-refractivity contribution < 1.29 is 15.0 Å². The third kappa shape index (κ3) is 1.22. The maximum Gasteiger partial charge on any atom is 0.336 e. The van der Waals surface area contributed by atoms with Gasteiger partial charge in [-0.15, -0.1) is 0 Å². The molecule has 2 N–H and O–H groups in total. The third-order valence-corrected chi connectivity index (χ3v) is 3.06. The molecule has 0 aliphatic heterocycles. The molecule has 0 aromatic heterocycles. The quantitative estimate of drug-likeness (QED) is 0.628. The van der Waals surface area contributed by atoms with Gasteiger partial charge in [0.15, 0.2) is 5.60 Å². The van der Waals surface area contributed by atoms with E-state index in [0.29, 0.717) is 6.42 Å². The first kappa shape index (κ1) is 9.52. The van der Waals surface area contributed by atoms with Gasteiger partial charge in [-0.05, 0) is 19.3 Å². The van der Waals surface area contributed by atoms with Crippen LogP contribution in [-0.2, 0) is 4.79 Å². The van der Waals surface area contributed by atoms with Gasteiger partial charge in [0.25, 0.3) is 0 Å². The number of carboxylic acids is 1. The predicted molar refractivity (Wildman–Crippen MR) is 44.8 cm³/mol. The van der Waals surface area contributed by atoms with Gasteiger partial charge >= 0.3 is 5.97 Å². The van der Waals surface area contributed by atoms with Crippen molar-refractivity contribution in [2.24, 2.45) is 5.41 Å². The van der Waals surface area contributed by atoms with Gasteiger partial charge < -0.3 is 10.2 Å². The Morgan fingerprint density at radius 1 is 1.25 bits per heavy atom. The van der Waals surface area contributed by atoms with Gasteiger partial charge in [0, 0.05) is 5.41 Å². The molecule has 1 aliphatic carbocycles. The summed E-state index contributed by atoms with van der Waals surface area (Å²) < 4.78 is 0. The highest BCUT2D eigenvalue weighted by Gasteiger charge is 2.51. The first-order valence-corrected chi connectivity index (χ1v) is 4.36. The Morgan fingerprint density at radius 3 is 2.08 bits per heavy atom. The third-order valence-electron chi connectivity index (χ3n) is 3.06. The molecule has 0 spiro atoms. The zero-order valence-corrected chi connectivity index (χ0v) is 7.63. The Morgan fingerprint density at radius 2 is 1.75 bits per heavy atom. The number of carbonyl (C=O) groups is 1. The maximum atomic E-state index is 10.8. The molecule has 0 heterocycles. The minimum atomic E-state index is -1.51. The van der Waals surface area contributed by atoms with E-state index >= 15 is 0 Å². The molecule has 70 valence electrons. The van der Waals surface area contributed by atoms with Crippen LogP contribution in [-0.4, -0.2) is 21.8 Å². The van der Waals surface area contributed by atoms with Crippen molar-refractivity contribution >= 4 is 5.97 Å². The normalized spacial score (nSPS) is 34.6. The topological polar surface area (TPSA) is 57.5 Å². The van der Waals surface area contributed by atoms with Gasteiger partial charge in [-0.3, -0.25) is 0 Å². The first-order valence-electron chi connectivity index (χ1n) is 4.36. The Kier molecular flexibility index (Phi) is 2.17. The molecule has 0 amide bonds. The summed E-state index contributed by atoms with van der Waals surface area (Å²) >= 11 is 0. The number of rotatable bonds is 1. The van der Waals surface area contributed by atoms with Gasteiger partial charge in [-0.2, -0.15) is 0 Å². The molecular formula is C9H16O3. The Balaban J connectivity index is 2.91. The fourth-order valence-electron chi connectivity index (χ4n) is 1.89. The summed E-state index contributed by atoms with van der Waals surface area (Å²) in [6, 6.07) is 0. The van der Waals surface area contributed by atoms with Gasteiger partial charge in [0.1, 0.15) is 0 Å². The summed E-state index contributed by atoms with van der Waals surface area (Å²) in [5.74, 6) is -1.08. The molecule has 0 aromatic rings. The van der Waals surface area contributed by atoms with E-state index in [2.05, 4.69) is 0 Å². The molecule has 1 fully saturated rings. The van der Waals surface area contributed by atoms with Crippen molar-refractivity contribution in [3.63, 3.8) is 0 Å². The van der Waals surface area contributed by atoms with E-state index in [1.54, 1.807) is 0 Å². The molecule has 1 rings (SSSR count). The predicted octanol–water partition coefficient (Wildman–Crippen LogP) is 1.40. The van der Waals surface area contributed by atoms with E-state index in [9.17, 15) is 9.90 Å². The van der Waals surface area contributed by atoms with Crippen LogP contribution in [0.3, 0.4) is 0 Å². The lowest BCUT2D eigenvalue weighted by atomic mass is 9.65. The van der Waals surface area contributed by atoms with Crippen LogP contribution < -0.4 is 0 Å². The fraction of sp³-hybridized carbons (Fsp3) is 0.889. The number of aliphatic carboxylic acids is 1. The Hall–Kier alpha value is -0.570. The SMILES string of the molecule is CC1(C)CCCCC1(O)C(=O)O. The van der Waals surface area contributed by atoms with Crippen molar-refractivity contribution in [2.45, 2.75) is 45.1 Å². The second-order valence-electron chi connectivity index (χ2n) is 4.26. The standard InChI is InChI=1S/C9H16O3/c1-8(2)5-3-4-6-9(8,12)7(10)11/h12H,3-6H2,1-2H3,(H,10,11). The molecular weight excluding hydrogens is 156 g/mol. The summed E-state index contributed by atoms with van der Waals surface area (Å²) in [4.78, 5) is 10.8. The first-order chi connectivity index (χ1) is 5.40. The van der Waals surface area contributed by atoms with Crippen LogP contribution >= 0.6 is 0 Å². The second-order valence-corrected chi connectivity index (χ2v) is 4.26. The summed E-state index contributed by atoms with van der Waals surface area (Å²) in [5, 5.41) is 18.8. The molecule has 0 aromatic carbocycles. The van der Waals surface area contributed by atoms with Crippen LogP contribution in [0.25, 0.3) is 0 Å². The molecule has 12 heavy (non-hydrogen) atoms. The largest absolute Gasteiger partial charge is 0.479 e. The minimum Gasteiger partial charge on any atom is -0.479 e. The number of carboxylic acid groups (broad SMARTS) is 1. The second kappa shape index (κ2) is 2.73. The smallest absolute Gasteiger partial charge is 0.336 e. The van der Waals surface area contributed by atoms with Gasteiger partial charge in [0.05, 0.1) is 0 Å². The molecule has 3 nitrogen and oxygen atoms in total. The van der Waals surface area contributed by atoms with Crippen LogP contribution in [0.4, 0.5) is 0 Å². The molecule has 1 atom stereocenters. The highest BCUT2D eigenvalue weighted by molar-refractivity contribution is 5.78. The van der Waals surface area contributed by atoms with E-state index in [0.717, 1.165) is 19.3 Å². The lowest BCUT2D eigenvalue weighted by Gasteiger charge is -2.43. The molecule has 1 unspecified atom stereocenters. The molecule has 1 aliphatic rings. The number of hydrogen-bond donors (Lipinski definition) is 2. The maximum absolute atomic E-state index is 10.8. The van der Waals surface area contributed by atoms with E-state index in [4.69, 9.17) is 5.11 Å². The van der Waals surface area contributed by atoms with E-state index in [1.807, 2.05) is 13.8 Å². The van der Waals surface area contributed by atoms with E-state index in [1.165, 1.54) is 0 Å². The Bertz CT molecular complexity index is 198. The van der Waals surface area contributed by atoms with Crippen LogP contribution in [0.5, 0.6) is 0 Å². The monoisotopic (exact) mass is 172 g/mol. The van der Waals surface area contributed by atoms with Gasteiger partial charge in [-0.25, -0.2) is 4.79 Å². The molecule has 3 heteroatoms. The lowest BCUT2D eigenvalue weighted by molar-refractivity contribution is -0.179. The van der Waals surface area contributed by atoms with Gasteiger partial charge in [0.2, 0.25) is 0 Å². The highest BCUT2D eigenvalue weighted by Crippen LogP contribution is 2.43. The average Bonchev–Trinajstić information content (AvgIpc) is 1.95. The zero-order chi connectivity index (χ0) is 9.41. The summed E-state index contributed by atoms with van der Waals surface area (Å²) in [7, 11) is 0. The van der Waals surface area contributed by atoms with Crippen molar-refractivity contribution in [1.29, 1.82) is 0 Å². The fourth-order valence-corrected chi connectivity index (χ4v) is 1.89. The van der Waals surface area contributed by atoms with Crippen LogP contribution in [0, 0.1) is 5.41 Å². The summed E-state index contributed by atoms with van der Waals surface area (Å²) in [5.41, 5.74) is -2.00. The highest BCUT2D eigenvalue weighted by atomic mass is 16.4. The molecule has 0 bridgehead atoms. The van der Waals surface area contributed by atoms with E-state index in [-0.39, 0.29) is 0 Å². The molecule has 0 saturated heterocycles. The van der Waals surface area contributed by atoms with Crippen LogP contribution in [0.2, 0.25) is 0 Å². The van der Waals surface area contributed by atoms with Crippen molar-refractivity contribution in [3.05, 3.63) is 0 Å². The van der Waals surface area contributed by atoms with Crippen molar-refractivity contribution in [1.82, 2.24) is 0 Å². The number of aliphatic hydroxyl groups is 1. The van der Waals surface area contributed by atoms with Crippen LogP contribution in [0.1, 0.15) is 39.5 Å². The minimum absolute atomic E-state index is 0.384. The Labute approximate surface area is 72.4 Å². The number of hydrogen-bond acceptors (Lipinski definition) is 2. The van der Waals surface area contributed by atoms with E-state index < -0.39 is 17.0 Å². The molecule has 0 radical (unpaired) electrons. The molecule has 1 saturated carbocycles.